The van der Waals surface area contributed by atoms with Crippen molar-refractivity contribution in [2.45, 2.75) is 13.3 Å². The van der Waals surface area contributed by atoms with Gasteiger partial charge >= 0.3 is 5.97 Å². The van der Waals surface area contributed by atoms with Gasteiger partial charge < -0.3 is 4.74 Å². The van der Waals surface area contributed by atoms with Crippen LogP contribution in [0.2, 0.25) is 0 Å². The molecule has 4 heteroatoms. The molecule has 0 atom stereocenters. The van der Waals surface area contributed by atoms with Gasteiger partial charge in [-0.3, -0.25) is 0 Å². The molecule has 0 fully saturated rings. The SMILES string of the molecule is CCOC(=O)C=CC=Cc1ccc(C(F)F)cc1. The molecule has 0 amide bonds. The van der Waals surface area contributed by atoms with Gasteiger partial charge in [0.25, 0.3) is 6.43 Å². The van der Waals surface area contributed by atoms with Gasteiger partial charge in [-0.2, -0.15) is 0 Å². The van der Waals surface area contributed by atoms with E-state index in [1.807, 2.05) is 0 Å². The number of rotatable bonds is 5. The molecule has 0 aliphatic heterocycles. The van der Waals surface area contributed by atoms with E-state index in [2.05, 4.69) is 0 Å². The standard InChI is InChI=1S/C14H14F2O2/c1-2-18-13(17)6-4-3-5-11-7-9-12(10-8-11)14(15)16/h3-10,14H,2H2,1H3. The second-order valence-corrected chi connectivity index (χ2v) is 3.44. The van der Waals surface area contributed by atoms with Crippen molar-refractivity contribution in [1.82, 2.24) is 0 Å². The fraction of sp³-hybridized carbons (Fsp3) is 0.214. The Hall–Kier alpha value is -1.97. The molecule has 0 spiro atoms. The van der Waals surface area contributed by atoms with Gasteiger partial charge in [-0.15, -0.1) is 0 Å². The highest BCUT2D eigenvalue weighted by Gasteiger charge is 2.04. The van der Waals surface area contributed by atoms with E-state index in [0.29, 0.717) is 6.61 Å². The first-order valence-electron chi connectivity index (χ1n) is 5.53. The third-order valence-electron chi connectivity index (χ3n) is 2.11. The van der Waals surface area contributed by atoms with Gasteiger partial charge in [0.2, 0.25) is 0 Å². The maximum absolute atomic E-state index is 12.3. The van der Waals surface area contributed by atoms with Crippen LogP contribution in [0.3, 0.4) is 0 Å². The lowest BCUT2D eigenvalue weighted by molar-refractivity contribution is -0.137. The molecule has 18 heavy (non-hydrogen) atoms. The van der Waals surface area contributed by atoms with Crippen LogP contribution < -0.4 is 0 Å². The maximum atomic E-state index is 12.3. The summed E-state index contributed by atoms with van der Waals surface area (Å²) < 4.78 is 29.3. The summed E-state index contributed by atoms with van der Waals surface area (Å²) in [7, 11) is 0. The van der Waals surface area contributed by atoms with Crippen LogP contribution in [0.25, 0.3) is 6.08 Å². The van der Waals surface area contributed by atoms with Gasteiger partial charge in [0.05, 0.1) is 6.61 Å². The molecule has 0 saturated carbocycles. The van der Waals surface area contributed by atoms with Crippen molar-refractivity contribution in [3.63, 3.8) is 0 Å². The van der Waals surface area contributed by atoms with Gasteiger partial charge in [0, 0.05) is 11.6 Å². The molecule has 0 aliphatic carbocycles. The number of esters is 1. The third kappa shape index (κ3) is 4.91. The van der Waals surface area contributed by atoms with E-state index in [1.54, 1.807) is 37.3 Å². The number of hydrogen-bond acceptors (Lipinski definition) is 2. The summed E-state index contributed by atoms with van der Waals surface area (Å²) in [5, 5.41) is 0. The highest BCUT2D eigenvalue weighted by Crippen LogP contribution is 2.18. The maximum Gasteiger partial charge on any atom is 0.330 e. The second-order valence-electron chi connectivity index (χ2n) is 3.44. The fourth-order valence-corrected chi connectivity index (χ4v) is 1.24. The van der Waals surface area contributed by atoms with Gasteiger partial charge in [-0.05, 0) is 12.5 Å². The molecule has 0 heterocycles. The summed E-state index contributed by atoms with van der Waals surface area (Å²) in [5.41, 5.74) is 0.780. The van der Waals surface area contributed by atoms with Gasteiger partial charge in [-0.1, -0.05) is 42.5 Å². The first-order valence-corrected chi connectivity index (χ1v) is 5.53. The lowest BCUT2D eigenvalue weighted by atomic mass is 10.1. The van der Waals surface area contributed by atoms with Crippen LogP contribution in [0.15, 0.2) is 42.5 Å². The van der Waals surface area contributed by atoms with Gasteiger partial charge in [0.1, 0.15) is 0 Å². The normalized spacial score (nSPS) is 11.6. The highest BCUT2D eigenvalue weighted by molar-refractivity contribution is 5.82. The predicted octanol–water partition coefficient (Wildman–Crippen LogP) is 3.76. The Labute approximate surface area is 105 Å². The molecule has 96 valence electrons. The zero-order chi connectivity index (χ0) is 13.4. The van der Waals surface area contributed by atoms with Crippen LogP contribution in [0.5, 0.6) is 0 Å². The molecule has 1 aromatic carbocycles. The molecule has 1 rings (SSSR count). The average molecular weight is 252 g/mol. The number of carbonyl (C=O) groups excluding carboxylic acids is 1. The molecule has 0 N–H and O–H groups in total. The van der Waals surface area contributed by atoms with Crippen molar-refractivity contribution < 1.29 is 18.3 Å². The lowest BCUT2D eigenvalue weighted by Crippen LogP contribution is -1.98. The van der Waals surface area contributed by atoms with E-state index < -0.39 is 12.4 Å². The Balaban J connectivity index is 2.54. The van der Waals surface area contributed by atoms with Crippen molar-refractivity contribution >= 4 is 12.0 Å². The van der Waals surface area contributed by atoms with Crippen molar-refractivity contribution in [2.24, 2.45) is 0 Å². The van der Waals surface area contributed by atoms with Gasteiger partial charge in [0.15, 0.2) is 0 Å². The number of allylic oxidation sites excluding steroid dienone is 2. The second kappa shape index (κ2) is 7.37. The number of halogens is 2. The van der Waals surface area contributed by atoms with E-state index in [-0.39, 0.29) is 5.56 Å². The topological polar surface area (TPSA) is 26.3 Å². The molecule has 2 nitrogen and oxygen atoms in total. The number of benzene rings is 1. The Morgan fingerprint density at radius 2 is 1.94 bits per heavy atom. The van der Waals surface area contributed by atoms with Crippen LogP contribution in [0.4, 0.5) is 8.78 Å². The van der Waals surface area contributed by atoms with E-state index in [1.165, 1.54) is 18.2 Å². The van der Waals surface area contributed by atoms with E-state index in [4.69, 9.17) is 4.74 Å². The van der Waals surface area contributed by atoms with Crippen LogP contribution >= 0.6 is 0 Å². The van der Waals surface area contributed by atoms with Crippen LogP contribution in [0.1, 0.15) is 24.5 Å². The fourth-order valence-electron chi connectivity index (χ4n) is 1.24. The van der Waals surface area contributed by atoms with Crippen LogP contribution in [-0.4, -0.2) is 12.6 Å². The van der Waals surface area contributed by atoms with Crippen molar-refractivity contribution in [3.05, 3.63) is 53.6 Å². The minimum absolute atomic E-state index is 0.00536. The van der Waals surface area contributed by atoms with E-state index in [0.717, 1.165) is 5.56 Å². The largest absolute Gasteiger partial charge is 0.463 e. The smallest absolute Gasteiger partial charge is 0.330 e. The van der Waals surface area contributed by atoms with Crippen molar-refractivity contribution in [1.29, 1.82) is 0 Å². The van der Waals surface area contributed by atoms with E-state index in [9.17, 15) is 13.6 Å². The Bertz CT molecular complexity index is 434. The molecule has 0 unspecified atom stereocenters. The van der Waals surface area contributed by atoms with Gasteiger partial charge in [-0.25, -0.2) is 13.6 Å². The molecule has 0 bridgehead atoms. The third-order valence-corrected chi connectivity index (χ3v) is 2.11. The minimum atomic E-state index is -2.45. The molecular formula is C14H14F2O2. The Morgan fingerprint density at radius 1 is 1.28 bits per heavy atom. The number of ether oxygens (including phenoxy) is 1. The summed E-state index contributed by atoms with van der Waals surface area (Å²) in [6.45, 7) is 2.06. The Morgan fingerprint density at radius 3 is 2.50 bits per heavy atom. The summed E-state index contributed by atoms with van der Waals surface area (Å²) in [6.07, 6.45) is 3.75. The number of hydrogen-bond donors (Lipinski definition) is 0. The zero-order valence-electron chi connectivity index (χ0n) is 9.98. The lowest BCUT2D eigenvalue weighted by Gasteiger charge is -1.98. The summed E-state index contributed by atoms with van der Waals surface area (Å²) in [4.78, 5) is 10.9. The number of carbonyl (C=O) groups is 1. The quantitative estimate of drug-likeness (QED) is 0.453. The molecular weight excluding hydrogens is 238 g/mol. The first kappa shape index (κ1) is 14.1. The van der Waals surface area contributed by atoms with E-state index >= 15 is 0 Å². The average Bonchev–Trinajstić information content (AvgIpc) is 2.35. The van der Waals surface area contributed by atoms with Crippen LogP contribution in [-0.2, 0) is 9.53 Å². The summed E-state index contributed by atoms with van der Waals surface area (Å²) in [5.74, 6) is -0.407. The monoisotopic (exact) mass is 252 g/mol. The van der Waals surface area contributed by atoms with Crippen molar-refractivity contribution in [3.8, 4) is 0 Å². The highest BCUT2D eigenvalue weighted by atomic mass is 19.3. The minimum Gasteiger partial charge on any atom is -0.463 e. The molecule has 1 aromatic rings. The summed E-state index contributed by atoms with van der Waals surface area (Å²) >= 11 is 0. The number of alkyl halides is 2. The van der Waals surface area contributed by atoms with Crippen LogP contribution in [0, 0.1) is 0 Å². The van der Waals surface area contributed by atoms with Crippen molar-refractivity contribution in [2.75, 3.05) is 6.61 Å². The molecule has 0 aliphatic rings. The zero-order valence-corrected chi connectivity index (χ0v) is 9.98. The summed E-state index contributed by atoms with van der Waals surface area (Å²) in [6, 6.07) is 5.94. The Kier molecular flexibility index (Phi) is 5.77. The first-order chi connectivity index (χ1) is 8.63. The predicted molar refractivity (Wildman–Crippen MR) is 66.2 cm³/mol. The molecule has 0 aromatic heterocycles. The molecule has 0 saturated heterocycles. The molecule has 0 radical (unpaired) electrons.